The molecule has 0 radical (unpaired) electrons. The van der Waals surface area contributed by atoms with Gasteiger partial charge in [-0.05, 0) is 24.3 Å². The Bertz CT molecular complexity index is 878. The summed E-state index contributed by atoms with van der Waals surface area (Å²) in [5, 5.41) is 3.66. The quantitative estimate of drug-likeness (QED) is 0.759. The normalized spacial score (nSPS) is 10.5. The average molecular weight is 368 g/mol. The summed E-state index contributed by atoms with van der Waals surface area (Å²) in [5.41, 5.74) is 2.96. The molecule has 114 valence electrons. The summed E-state index contributed by atoms with van der Waals surface area (Å²) in [6, 6.07) is 13.2. The molecular weight excluding hydrogens is 354 g/mol. The predicted octanol–water partition coefficient (Wildman–Crippen LogP) is 3.94. The van der Waals surface area contributed by atoms with E-state index in [2.05, 4.69) is 37.8 Å². The maximum Gasteiger partial charge on any atom is 0.252 e. The molecule has 1 aromatic carbocycles. The highest BCUT2D eigenvalue weighted by Crippen LogP contribution is 2.24. The first-order chi connectivity index (χ1) is 11.1. The molecule has 0 aliphatic carbocycles. The standard InChI is InChI=1S/C18H14BrN3O/c1-12(19)10-21-18(23)15-9-17(13-5-4-8-20-11-13)22-16-7-3-2-6-14(15)16/h2-9,11H,1,10H2,(H,21,23). The van der Waals surface area contributed by atoms with Crippen molar-refractivity contribution in [2.75, 3.05) is 6.54 Å². The Labute approximate surface area is 142 Å². The largest absolute Gasteiger partial charge is 0.347 e. The van der Waals surface area contributed by atoms with Crippen LogP contribution in [0.3, 0.4) is 0 Å². The van der Waals surface area contributed by atoms with Gasteiger partial charge in [0.15, 0.2) is 0 Å². The molecule has 1 amide bonds. The van der Waals surface area contributed by atoms with Crippen LogP contribution in [0.15, 0.2) is 65.9 Å². The number of nitrogens with zero attached hydrogens (tertiary/aromatic N) is 2. The van der Waals surface area contributed by atoms with Gasteiger partial charge in [-0.15, -0.1) is 0 Å². The number of rotatable bonds is 4. The van der Waals surface area contributed by atoms with Crippen molar-refractivity contribution < 1.29 is 4.79 Å². The van der Waals surface area contributed by atoms with Gasteiger partial charge in [0, 0.05) is 34.4 Å². The zero-order valence-corrected chi connectivity index (χ0v) is 13.9. The van der Waals surface area contributed by atoms with Crippen LogP contribution in [0.25, 0.3) is 22.2 Å². The summed E-state index contributed by atoms with van der Waals surface area (Å²) in [4.78, 5) is 21.3. The second kappa shape index (κ2) is 6.71. The number of carbonyl (C=O) groups excluding carboxylic acids is 1. The van der Waals surface area contributed by atoms with Gasteiger partial charge < -0.3 is 5.32 Å². The number of carbonyl (C=O) groups is 1. The van der Waals surface area contributed by atoms with Crippen molar-refractivity contribution in [2.45, 2.75) is 0 Å². The van der Waals surface area contributed by atoms with Crippen LogP contribution in [0, 0.1) is 0 Å². The highest BCUT2D eigenvalue weighted by molar-refractivity contribution is 9.11. The maximum atomic E-state index is 12.5. The number of pyridine rings is 2. The molecule has 3 rings (SSSR count). The van der Waals surface area contributed by atoms with Crippen molar-refractivity contribution in [3.8, 4) is 11.3 Å². The van der Waals surface area contributed by atoms with Crippen molar-refractivity contribution in [3.05, 3.63) is 71.5 Å². The fraction of sp³-hybridized carbons (Fsp3) is 0.0556. The Balaban J connectivity index is 2.11. The molecule has 0 fully saturated rings. The molecule has 0 aliphatic heterocycles. The highest BCUT2D eigenvalue weighted by atomic mass is 79.9. The van der Waals surface area contributed by atoms with Gasteiger partial charge in [0.2, 0.25) is 0 Å². The lowest BCUT2D eigenvalue weighted by atomic mass is 10.0. The Morgan fingerprint density at radius 2 is 2.04 bits per heavy atom. The summed E-state index contributed by atoms with van der Waals surface area (Å²) < 4.78 is 0.719. The number of para-hydroxylation sites is 1. The van der Waals surface area contributed by atoms with E-state index in [0.29, 0.717) is 12.1 Å². The molecule has 1 N–H and O–H groups in total. The predicted molar refractivity (Wildman–Crippen MR) is 95.4 cm³/mol. The minimum atomic E-state index is -0.158. The van der Waals surface area contributed by atoms with E-state index in [1.807, 2.05) is 36.4 Å². The van der Waals surface area contributed by atoms with Crippen molar-refractivity contribution in [3.63, 3.8) is 0 Å². The monoisotopic (exact) mass is 367 g/mol. The molecule has 2 aromatic heterocycles. The number of hydrogen-bond donors (Lipinski definition) is 1. The smallest absolute Gasteiger partial charge is 0.252 e. The van der Waals surface area contributed by atoms with E-state index in [9.17, 15) is 4.79 Å². The highest BCUT2D eigenvalue weighted by Gasteiger charge is 2.13. The molecule has 0 unspecified atom stereocenters. The maximum absolute atomic E-state index is 12.5. The minimum Gasteiger partial charge on any atom is -0.347 e. The molecule has 0 spiro atoms. The van der Waals surface area contributed by atoms with Gasteiger partial charge in [-0.3, -0.25) is 9.78 Å². The number of hydrogen-bond acceptors (Lipinski definition) is 3. The molecule has 0 saturated carbocycles. The zero-order chi connectivity index (χ0) is 16.2. The summed E-state index contributed by atoms with van der Waals surface area (Å²) >= 11 is 3.25. The first kappa shape index (κ1) is 15.4. The number of aromatic nitrogens is 2. The molecular formula is C18H14BrN3O. The van der Waals surface area contributed by atoms with Crippen LogP contribution >= 0.6 is 15.9 Å². The number of halogens is 1. The second-order valence-electron chi connectivity index (χ2n) is 5.01. The Morgan fingerprint density at radius 3 is 2.78 bits per heavy atom. The van der Waals surface area contributed by atoms with Crippen LogP contribution in [-0.4, -0.2) is 22.4 Å². The van der Waals surface area contributed by atoms with Crippen molar-refractivity contribution in [2.24, 2.45) is 0 Å². The number of fused-ring (bicyclic) bond motifs is 1. The Morgan fingerprint density at radius 1 is 1.22 bits per heavy atom. The van der Waals surface area contributed by atoms with E-state index >= 15 is 0 Å². The lowest BCUT2D eigenvalue weighted by Crippen LogP contribution is -2.24. The summed E-state index contributed by atoms with van der Waals surface area (Å²) in [6.07, 6.45) is 3.44. The van der Waals surface area contributed by atoms with Gasteiger partial charge in [-0.1, -0.05) is 40.7 Å². The molecule has 2 heterocycles. The molecule has 0 atom stereocenters. The van der Waals surface area contributed by atoms with Crippen LogP contribution in [0.2, 0.25) is 0 Å². The topological polar surface area (TPSA) is 54.9 Å². The average Bonchev–Trinajstić information content (AvgIpc) is 2.59. The molecule has 23 heavy (non-hydrogen) atoms. The van der Waals surface area contributed by atoms with Crippen molar-refractivity contribution in [1.82, 2.24) is 15.3 Å². The Hall–Kier alpha value is -2.53. The van der Waals surface area contributed by atoms with Crippen molar-refractivity contribution >= 4 is 32.7 Å². The number of nitrogens with one attached hydrogen (secondary N) is 1. The van der Waals surface area contributed by atoms with Gasteiger partial charge in [0.05, 0.1) is 16.8 Å². The molecule has 3 aromatic rings. The van der Waals surface area contributed by atoms with E-state index < -0.39 is 0 Å². The van der Waals surface area contributed by atoms with Gasteiger partial charge in [0.25, 0.3) is 5.91 Å². The van der Waals surface area contributed by atoms with Crippen LogP contribution in [0.1, 0.15) is 10.4 Å². The molecule has 0 aliphatic rings. The number of benzene rings is 1. The summed E-state index contributed by atoms with van der Waals surface area (Å²) in [5.74, 6) is -0.158. The SMILES string of the molecule is C=C(Br)CNC(=O)c1cc(-c2cccnc2)nc2ccccc12. The fourth-order valence-electron chi connectivity index (χ4n) is 2.30. The van der Waals surface area contributed by atoms with Crippen LogP contribution in [-0.2, 0) is 0 Å². The third kappa shape index (κ3) is 3.46. The minimum absolute atomic E-state index is 0.158. The van der Waals surface area contributed by atoms with E-state index in [0.717, 1.165) is 26.6 Å². The first-order valence-electron chi connectivity index (χ1n) is 7.07. The van der Waals surface area contributed by atoms with E-state index in [1.54, 1.807) is 18.5 Å². The fourth-order valence-corrected chi connectivity index (χ4v) is 2.44. The van der Waals surface area contributed by atoms with Gasteiger partial charge in [-0.2, -0.15) is 0 Å². The van der Waals surface area contributed by atoms with Gasteiger partial charge >= 0.3 is 0 Å². The molecule has 0 bridgehead atoms. The van der Waals surface area contributed by atoms with E-state index in [1.165, 1.54) is 0 Å². The van der Waals surface area contributed by atoms with E-state index in [-0.39, 0.29) is 5.91 Å². The van der Waals surface area contributed by atoms with Gasteiger partial charge in [0.1, 0.15) is 0 Å². The number of amides is 1. The van der Waals surface area contributed by atoms with Crippen LogP contribution in [0.5, 0.6) is 0 Å². The van der Waals surface area contributed by atoms with Crippen molar-refractivity contribution in [1.29, 1.82) is 0 Å². The zero-order valence-electron chi connectivity index (χ0n) is 12.3. The summed E-state index contributed by atoms with van der Waals surface area (Å²) in [6.45, 7) is 4.10. The third-order valence-electron chi connectivity index (χ3n) is 3.36. The third-order valence-corrected chi connectivity index (χ3v) is 3.64. The first-order valence-corrected chi connectivity index (χ1v) is 7.86. The molecule has 0 saturated heterocycles. The molecule has 5 heteroatoms. The van der Waals surface area contributed by atoms with Crippen LogP contribution in [0.4, 0.5) is 0 Å². The second-order valence-corrected chi connectivity index (χ2v) is 6.14. The lowest BCUT2D eigenvalue weighted by molar-refractivity contribution is 0.0959. The summed E-state index contributed by atoms with van der Waals surface area (Å²) in [7, 11) is 0. The van der Waals surface area contributed by atoms with E-state index in [4.69, 9.17) is 0 Å². The van der Waals surface area contributed by atoms with Crippen LogP contribution < -0.4 is 5.32 Å². The molecule has 4 nitrogen and oxygen atoms in total. The van der Waals surface area contributed by atoms with Gasteiger partial charge in [-0.25, -0.2) is 4.98 Å². The Kier molecular flexibility index (Phi) is 4.48. The lowest BCUT2D eigenvalue weighted by Gasteiger charge is -2.10.